The lowest BCUT2D eigenvalue weighted by Gasteiger charge is -2.17. The lowest BCUT2D eigenvalue weighted by molar-refractivity contribution is -0.117. The number of aryl methyl sites for hydroxylation is 1. The Labute approximate surface area is 95.2 Å². The smallest absolute Gasteiger partial charge is 0.231 e. The van der Waals surface area contributed by atoms with Gasteiger partial charge in [-0.3, -0.25) is 4.79 Å². The first-order chi connectivity index (χ1) is 7.65. The highest BCUT2D eigenvalue weighted by molar-refractivity contribution is 6.01. The molecule has 0 unspecified atom stereocenters. The van der Waals surface area contributed by atoms with Crippen molar-refractivity contribution in [2.75, 3.05) is 11.4 Å². The maximum Gasteiger partial charge on any atom is 0.231 e. The van der Waals surface area contributed by atoms with Crippen LogP contribution in [0.4, 0.5) is 5.69 Å². The molecule has 3 rings (SSSR count). The first-order valence-electron chi connectivity index (χ1n) is 5.80. The molecule has 2 aliphatic rings. The molecular formula is C13H16N2O. The van der Waals surface area contributed by atoms with E-state index in [1.165, 1.54) is 11.1 Å². The maximum atomic E-state index is 11.9. The molecule has 2 N–H and O–H groups in total. The average molecular weight is 216 g/mol. The molecule has 0 saturated heterocycles. The Hall–Kier alpha value is -1.35. The Kier molecular flexibility index (Phi) is 2.04. The van der Waals surface area contributed by atoms with Gasteiger partial charge in [0.25, 0.3) is 0 Å². The Morgan fingerprint density at radius 3 is 2.94 bits per heavy atom. The van der Waals surface area contributed by atoms with Crippen LogP contribution in [0.1, 0.15) is 17.5 Å². The molecule has 84 valence electrons. The Balaban J connectivity index is 1.87. The SMILES string of the molecule is Cc1ccc2c(c1)CC(=O)N2C[C@@H]1C[C@H]1N. The topological polar surface area (TPSA) is 46.3 Å². The fraction of sp³-hybridized carbons (Fsp3) is 0.462. The molecule has 1 heterocycles. The van der Waals surface area contributed by atoms with Crippen molar-refractivity contribution in [1.29, 1.82) is 0 Å². The molecule has 0 spiro atoms. The predicted octanol–water partition coefficient (Wildman–Crippen LogP) is 1.23. The standard InChI is InChI=1S/C13H16N2O/c1-8-2-3-12-9(4-8)6-13(16)15(12)7-10-5-11(10)14/h2-4,10-11H,5-7,14H2,1H3/t10-,11+/m0/s1. The van der Waals surface area contributed by atoms with E-state index in [4.69, 9.17) is 5.73 Å². The number of hydrogen-bond donors (Lipinski definition) is 1. The molecule has 1 aliphatic carbocycles. The largest absolute Gasteiger partial charge is 0.327 e. The van der Waals surface area contributed by atoms with Gasteiger partial charge in [0.15, 0.2) is 0 Å². The highest BCUT2D eigenvalue weighted by Crippen LogP contribution is 2.35. The number of nitrogens with two attached hydrogens (primary N) is 1. The lowest BCUT2D eigenvalue weighted by Crippen LogP contribution is -2.30. The molecule has 1 aromatic rings. The van der Waals surface area contributed by atoms with Crippen LogP contribution in [0.15, 0.2) is 18.2 Å². The third-order valence-corrected chi connectivity index (χ3v) is 3.56. The summed E-state index contributed by atoms with van der Waals surface area (Å²) in [7, 11) is 0. The normalized spacial score (nSPS) is 27.1. The number of fused-ring (bicyclic) bond motifs is 1. The zero-order chi connectivity index (χ0) is 11.3. The van der Waals surface area contributed by atoms with Gasteiger partial charge in [-0.05, 0) is 30.9 Å². The fourth-order valence-electron chi connectivity index (χ4n) is 2.43. The highest BCUT2D eigenvalue weighted by atomic mass is 16.2. The zero-order valence-electron chi connectivity index (χ0n) is 9.44. The Morgan fingerprint density at radius 2 is 2.25 bits per heavy atom. The number of benzene rings is 1. The molecule has 2 atom stereocenters. The number of nitrogens with zero attached hydrogens (tertiary/aromatic N) is 1. The second kappa shape index (κ2) is 3.32. The number of amides is 1. The van der Waals surface area contributed by atoms with Crippen LogP contribution in [-0.4, -0.2) is 18.5 Å². The molecule has 16 heavy (non-hydrogen) atoms. The van der Waals surface area contributed by atoms with Gasteiger partial charge in [-0.2, -0.15) is 0 Å². The van der Waals surface area contributed by atoms with Crippen LogP contribution < -0.4 is 10.6 Å². The summed E-state index contributed by atoms with van der Waals surface area (Å²) in [6, 6.07) is 6.54. The van der Waals surface area contributed by atoms with E-state index >= 15 is 0 Å². The van der Waals surface area contributed by atoms with Gasteiger partial charge in [0.05, 0.1) is 6.42 Å². The Morgan fingerprint density at radius 1 is 1.50 bits per heavy atom. The molecule has 3 heteroatoms. The summed E-state index contributed by atoms with van der Waals surface area (Å²) in [5.74, 6) is 0.732. The van der Waals surface area contributed by atoms with Crippen molar-refractivity contribution in [3.05, 3.63) is 29.3 Å². The summed E-state index contributed by atoms with van der Waals surface area (Å²) in [6.07, 6.45) is 1.62. The molecular weight excluding hydrogens is 200 g/mol. The summed E-state index contributed by atoms with van der Waals surface area (Å²) in [4.78, 5) is 13.8. The van der Waals surface area contributed by atoms with E-state index in [0.717, 1.165) is 18.7 Å². The summed E-state index contributed by atoms with van der Waals surface area (Å²) < 4.78 is 0. The summed E-state index contributed by atoms with van der Waals surface area (Å²) in [5, 5.41) is 0. The third kappa shape index (κ3) is 1.52. The summed E-state index contributed by atoms with van der Waals surface area (Å²) in [6.45, 7) is 2.86. The zero-order valence-corrected chi connectivity index (χ0v) is 9.44. The predicted molar refractivity (Wildman–Crippen MR) is 63.3 cm³/mol. The van der Waals surface area contributed by atoms with Gasteiger partial charge < -0.3 is 10.6 Å². The van der Waals surface area contributed by atoms with Crippen LogP contribution in [0.25, 0.3) is 0 Å². The van der Waals surface area contributed by atoms with Gasteiger partial charge in [0.2, 0.25) is 5.91 Å². The molecule has 0 radical (unpaired) electrons. The van der Waals surface area contributed by atoms with Gasteiger partial charge in [-0.25, -0.2) is 0 Å². The van der Waals surface area contributed by atoms with Gasteiger partial charge in [0.1, 0.15) is 0 Å². The van der Waals surface area contributed by atoms with Crippen molar-refractivity contribution in [1.82, 2.24) is 0 Å². The molecule has 0 bridgehead atoms. The number of hydrogen-bond acceptors (Lipinski definition) is 2. The maximum absolute atomic E-state index is 11.9. The third-order valence-electron chi connectivity index (χ3n) is 3.56. The van der Waals surface area contributed by atoms with Crippen molar-refractivity contribution in [2.24, 2.45) is 11.7 Å². The fourth-order valence-corrected chi connectivity index (χ4v) is 2.43. The quantitative estimate of drug-likeness (QED) is 0.808. The van der Waals surface area contributed by atoms with E-state index in [-0.39, 0.29) is 5.91 Å². The highest BCUT2D eigenvalue weighted by Gasteiger charge is 2.38. The summed E-state index contributed by atoms with van der Waals surface area (Å²) >= 11 is 0. The average Bonchev–Trinajstić information content (AvgIpc) is 2.82. The molecule has 1 aliphatic heterocycles. The van der Waals surface area contributed by atoms with Crippen LogP contribution in [0.5, 0.6) is 0 Å². The van der Waals surface area contributed by atoms with Crippen LogP contribution in [0.3, 0.4) is 0 Å². The van der Waals surface area contributed by atoms with Gasteiger partial charge in [-0.1, -0.05) is 17.7 Å². The minimum absolute atomic E-state index is 0.222. The van der Waals surface area contributed by atoms with E-state index < -0.39 is 0 Å². The van der Waals surface area contributed by atoms with Crippen LogP contribution in [0.2, 0.25) is 0 Å². The van der Waals surface area contributed by atoms with Crippen molar-refractivity contribution in [2.45, 2.75) is 25.8 Å². The van der Waals surface area contributed by atoms with E-state index in [1.807, 2.05) is 4.90 Å². The van der Waals surface area contributed by atoms with E-state index in [2.05, 4.69) is 25.1 Å². The molecule has 1 amide bonds. The van der Waals surface area contributed by atoms with Crippen LogP contribution >= 0.6 is 0 Å². The van der Waals surface area contributed by atoms with Gasteiger partial charge in [-0.15, -0.1) is 0 Å². The number of carbonyl (C=O) groups is 1. The lowest BCUT2D eigenvalue weighted by atomic mass is 10.1. The monoisotopic (exact) mass is 216 g/mol. The number of anilines is 1. The van der Waals surface area contributed by atoms with Crippen molar-refractivity contribution < 1.29 is 4.79 Å². The van der Waals surface area contributed by atoms with E-state index in [9.17, 15) is 4.79 Å². The van der Waals surface area contributed by atoms with Crippen molar-refractivity contribution in [3.63, 3.8) is 0 Å². The second-order valence-corrected chi connectivity index (χ2v) is 4.97. The van der Waals surface area contributed by atoms with Crippen molar-refractivity contribution >= 4 is 11.6 Å². The first kappa shape index (κ1) is 9.85. The molecule has 1 aromatic carbocycles. The van der Waals surface area contributed by atoms with E-state index in [0.29, 0.717) is 18.4 Å². The Bertz CT molecular complexity index is 455. The molecule has 1 saturated carbocycles. The minimum Gasteiger partial charge on any atom is -0.327 e. The van der Waals surface area contributed by atoms with Crippen LogP contribution in [0, 0.1) is 12.8 Å². The number of rotatable bonds is 2. The molecule has 0 aromatic heterocycles. The van der Waals surface area contributed by atoms with Gasteiger partial charge >= 0.3 is 0 Å². The molecule has 3 nitrogen and oxygen atoms in total. The van der Waals surface area contributed by atoms with Gasteiger partial charge in [0, 0.05) is 18.3 Å². The van der Waals surface area contributed by atoms with Crippen molar-refractivity contribution in [3.8, 4) is 0 Å². The minimum atomic E-state index is 0.222. The van der Waals surface area contributed by atoms with E-state index in [1.54, 1.807) is 0 Å². The first-order valence-corrected chi connectivity index (χ1v) is 5.80. The number of carbonyl (C=O) groups excluding carboxylic acids is 1. The summed E-state index contributed by atoms with van der Waals surface area (Å²) in [5.41, 5.74) is 9.27. The van der Waals surface area contributed by atoms with Crippen LogP contribution in [-0.2, 0) is 11.2 Å². The molecule has 1 fully saturated rings. The second-order valence-electron chi connectivity index (χ2n) is 4.97.